The maximum absolute atomic E-state index is 13.8. The quantitative estimate of drug-likeness (QED) is 0.824. The van der Waals surface area contributed by atoms with Gasteiger partial charge in [0, 0.05) is 6.61 Å². The van der Waals surface area contributed by atoms with Gasteiger partial charge in [-0.15, -0.1) is 0 Å². The molecule has 0 aromatic heterocycles. The van der Waals surface area contributed by atoms with Crippen molar-refractivity contribution in [3.63, 3.8) is 0 Å². The normalized spacial score (nSPS) is 13.4. The molecule has 0 saturated heterocycles. The summed E-state index contributed by atoms with van der Waals surface area (Å²) in [5, 5.41) is 3.36. The Labute approximate surface area is 115 Å². The van der Waals surface area contributed by atoms with E-state index in [-0.39, 0.29) is 17.6 Å². The Morgan fingerprint density at radius 2 is 2.00 bits per heavy atom. The number of benzene rings is 1. The minimum Gasteiger partial charge on any atom is -0.494 e. The molecule has 0 aliphatic heterocycles. The summed E-state index contributed by atoms with van der Waals surface area (Å²) >= 11 is 0. The standard InChI is InChI=1S/C15H24FNO2/c1-6-17-14(15(3,4)19-7-2)11-8-9-13(18-5)12(16)10-11/h8-10,14,17H,6-7H2,1-5H3. The number of hydrogen-bond donors (Lipinski definition) is 1. The molecule has 19 heavy (non-hydrogen) atoms. The van der Waals surface area contributed by atoms with Gasteiger partial charge in [0.05, 0.1) is 18.8 Å². The van der Waals surface area contributed by atoms with Crippen LogP contribution in [-0.2, 0) is 4.74 Å². The molecule has 0 radical (unpaired) electrons. The van der Waals surface area contributed by atoms with E-state index in [2.05, 4.69) is 5.32 Å². The van der Waals surface area contributed by atoms with Gasteiger partial charge in [-0.1, -0.05) is 13.0 Å². The van der Waals surface area contributed by atoms with Crippen LogP contribution in [-0.4, -0.2) is 25.9 Å². The predicted octanol–water partition coefficient (Wildman–Crippen LogP) is 3.30. The molecular weight excluding hydrogens is 245 g/mol. The molecule has 0 spiro atoms. The minimum atomic E-state index is -0.411. The van der Waals surface area contributed by atoms with Crippen molar-refractivity contribution in [2.75, 3.05) is 20.3 Å². The Morgan fingerprint density at radius 1 is 1.32 bits per heavy atom. The van der Waals surface area contributed by atoms with Crippen LogP contribution in [0.15, 0.2) is 18.2 Å². The summed E-state index contributed by atoms with van der Waals surface area (Å²) in [5.41, 5.74) is 0.449. The van der Waals surface area contributed by atoms with Crippen molar-refractivity contribution < 1.29 is 13.9 Å². The summed E-state index contributed by atoms with van der Waals surface area (Å²) < 4.78 is 24.6. The van der Waals surface area contributed by atoms with E-state index < -0.39 is 5.60 Å². The monoisotopic (exact) mass is 269 g/mol. The first-order valence-electron chi connectivity index (χ1n) is 6.67. The van der Waals surface area contributed by atoms with Crippen molar-refractivity contribution >= 4 is 0 Å². The molecule has 0 amide bonds. The van der Waals surface area contributed by atoms with Gasteiger partial charge in [-0.3, -0.25) is 0 Å². The Balaban J connectivity index is 3.08. The molecule has 0 bridgehead atoms. The van der Waals surface area contributed by atoms with E-state index in [1.807, 2.05) is 33.8 Å². The molecule has 1 unspecified atom stereocenters. The van der Waals surface area contributed by atoms with E-state index in [1.165, 1.54) is 13.2 Å². The molecule has 0 aliphatic rings. The van der Waals surface area contributed by atoms with Crippen LogP contribution < -0.4 is 10.1 Å². The minimum absolute atomic E-state index is 0.0714. The van der Waals surface area contributed by atoms with Gasteiger partial charge in [0.2, 0.25) is 0 Å². The third-order valence-electron chi connectivity index (χ3n) is 3.13. The van der Waals surface area contributed by atoms with Gasteiger partial charge in [0.15, 0.2) is 11.6 Å². The number of halogens is 1. The second-order valence-corrected chi connectivity index (χ2v) is 4.92. The second-order valence-electron chi connectivity index (χ2n) is 4.92. The largest absolute Gasteiger partial charge is 0.494 e. The molecule has 0 aliphatic carbocycles. The highest BCUT2D eigenvalue weighted by Gasteiger charge is 2.31. The number of likely N-dealkylation sites (N-methyl/N-ethyl adjacent to an activating group) is 1. The third kappa shape index (κ3) is 3.91. The zero-order valence-corrected chi connectivity index (χ0v) is 12.4. The lowest BCUT2D eigenvalue weighted by atomic mass is 9.91. The number of hydrogen-bond acceptors (Lipinski definition) is 3. The summed E-state index contributed by atoms with van der Waals surface area (Å²) in [6.45, 7) is 9.40. The highest BCUT2D eigenvalue weighted by Crippen LogP contribution is 2.31. The summed E-state index contributed by atoms with van der Waals surface area (Å²) in [4.78, 5) is 0. The zero-order chi connectivity index (χ0) is 14.5. The molecular formula is C15H24FNO2. The SMILES string of the molecule is CCNC(c1ccc(OC)c(F)c1)C(C)(C)OCC. The van der Waals surface area contributed by atoms with Crippen LogP contribution in [0.2, 0.25) is 0 Å². The van der Waals surface area contributed by atoms with Gasteiger partial charge >= 0.3 is 0 Å². The molecule has 1 atom stereocenters. The maximum atomic E-state index is 13.8. The molecule has 4 heteroatoms. The Kier molecular flexibility index (Phi) is 5.76. The van der Waals surface area contributed by atoms with Gasteiger partial charge in [-0.05, 0) is 45.0 Å². The Hall–Kier alpha value is -1.13. The van der Waals surface area contributed by atoms with Crippen molar-refractivity contribution in [1.82, 2.24) is 5.32 Å². The van der Waals surface area contributed by atoms with E-state index in [9.17, 15) is 4.39 Å². The molecule has 1 rings (SSSR count). The van der Waals surface area contributed by atoms with Crippen molar-refractivity contribution in [3.8, 4) is 5.75 Å². The first kappa shape index (κ1) is 15.9. The van der Waals surface area contributed by atoms with Crippen LogP contribution in [0.4, 0.5) is 4.39 Å². The molecule has 108 valence electrons. The third-order valence-corrected chi connectivity index (χ3v) is 3.13. The topological polar surface area (TPSA) is 30.5 Å². The lowest BCUT2D eigenvalue weighted by Crippen LogP contribution is -2.41. The molecule has 0 fully saturated rings. The first-order chi connectivity index (χ1) is 8.96. The summed E-state index contributed by atoms with van der Waals surface area (Å²) in [6, 6.07) is 4.96. The van der Waals surface area contributed by atoms with E-state index in [0.717, 1.165) is 12.1 Å². The summed E-state index contributed by atoms with van der Waals surface area (Å²) in [7, 11) is 1.46. The molecule has 0 saturated carbocycles. The fourth-order valence-electron chi connectivity index (χ4n) is 2.29. The van der Waals surface area contributed by atoms with Crippen molar-refractivity contribution in [3.05, 3.63) is 29.6 Å². The van der Waals surface area contributed by atoms with Gasteiger partial charge in [-0.2, -0.15) is 0 Å². The second kappa shape index (κ2) is 6.87. The van der Waals surface area contributed by atoms with Crippen LogP contribution in [0.25, 0.3) is 0 Å². The van der Waals surface area contributed by atoms with E-state index in [0.29, 0.717) is 6.61 Å². The highest BCUT2D eigenvalue weighted by atomic mass is 19.1. The van der Waals surface area contributed by atoms with Crippen LogP contribution in [0.3, 0.4) is 0 Å². The number of rotatable bonds is 7. The number of nitrogens with one attached hydrogen (secondary N) is 1. The maximum Gasteiger partial charge on any atom is 0.165 e. The average molecular weight is 269 g/mol. The van der Waals surface area contributed by atoms with Crippen LogP contribution in [0.1, 0.15) is 39.3 Å². The van der Waals surface area contributed by atoms with Gasteiger partial charge < -0.3 is 14.8 Å². The average Bonchev–Trinajstić information content (AvgIpc) is 2.35. The van der Waals surface area contributed by atoms with Crippen LogP contribution in [0.5, 0.6) is 5.75 Å². The molecule has 1 aromatic carbocycles. The van der Waals surface area contributed by atoms with Crippen molar-refractivity contribution in [2.24, 2.45) is 0 Å². The predicted molar refractivity (Wildman–Crippen MR) is 75.1 cm³/mol. The smallest absolute Gasteiger partial charge is 0.165 e. The summed E-state index contributed by atoms with van der Waals surface area (Å²) in [5.74, 6) is -0.0941. The molecule has 0 heterocycles. The number of ether oxygens (including phenoxy) is 2. The highest BCUT2D eigenvalue weighted by molar-refractivity contribution is 5.32. The van der Waals surface area contributed by atoms with E-state index >= 15 is 0 Å². The summed E-state index contributed by atoms with van der Waals surface area (Å²) in [6.07, 6.45) is 0. The fraction of sp³-hybridized carbons (Fsp3) is 0.600. The van der Waals surface area contributed by atoms with E-state index in [4.69, 9.17) is 9.47 Å². The fourth-order valence-corrected chi connectivity index (χ4v) is 2.29. The lowest BCUT2D eigenvalue weighted by molar-refractivity contribution is -0.0389. The van der Waals surface area contributed by atoms with Crippen molar-refractivity contribution in [1.29, 1.82) is 0 Å². The van der Waals surface area contributed by atoms with Gasteiger partial charge in [0.25, 0.3) is 0 Å². The molecule has 1 N–H and O–H groups in total. The van der Waals surface area contributed by atoms with Crippen LogP contribution >= 0.6 is 0 Å². The zero-order valence-electron chi connectivity index (χ0n) is 12.4. The van der Waals surface area contributed by atoms with Crippen LogP contribution in [0, 0.1) is 5.82 Å². The lowest BCUT2D eigenvalue weighted by Gasteiger charge is -2.35. The first-order valence-corrected chi connectivity index (χ1v) is 6.67. The molecule has 1 aromatic rings. The van der Waals surface area contributed by atoms with Gasteiger partial charge in [0.1, 0.15) is 0 Å². The van der Waals surface area contributed by atoms with Gasteiger partial charge in [-0.25, -0.2) is 4.39 Å². The van der Waals surface area contributed by atoms with E-state index in [1.54, 1.807) is 6.07 Å². The number of methoxy groups -OCH3 is 1. The molecule has 3 nitrogen and oxygen atoms in total. The Morgan fingerprint density at radius 3 is 2.47 bits per heavy atom. The van der Waals surface area contributed by atoms with Crippen molar-refractivity contribution in [2.45, 2.75) is 39.3 Å². The Bertz CT molecular complexity index is 407.